The van der Waals surface area contributed by atoms with Gasteiger partial charge < -0.3 is 10.4 Å². The summed E-state index contributed by atoms with van der Waals surface area (Å²) in [5, 5.41) is 13.1. The van der Waals surface area contributed by atoms with Gasteiger partial charge in [0.05, 0.1) is 17.7 Å². The van der Waals surface area contributed by atoms with Crippen molar-refractivity contribution in [2.75, 3.05) is 11.9 Å². The molecule has 94 valence electrons. The normalized spacial score (nSPS) is 12.2. The first kappa shape index (κ1) is 13.3. The molecule has 0 fully saturated rings. The summed E-state index contributed by atoms with van der Waals surface area (Å²) in [5.74, 6) is 0.558. The van der Waals surface area contributed by atoms with Crippen LogP contribution < -0.4 is 5.32 Å². The third-order valence-corrected chi connectivity index (χ3v) is 3.23. The number of rotatable bonds is 4. The Morgan fingerprint density at radius 3 is 2.67 bits per heavy atom. The maximum Gasteiger partial charge on any atom is 0.145 e. The van der Waals surface area contributed by atoms with Crippen molar-refractivity contribution in [1.82, 2.24) is 4.98 Å². The zero-order chi connectivity index (χ0) is 13.0. The number of aromatic nitrogens is 1. The fourth-order valence-corrected chi connectivity index (χ4v) is 2.29. The lowest BCUT2D eigenvalue weighted by molar-refractivity contribution is 0.276. The van der Waals surface area contributed by atoms with Gasteiger partial charge in [0, 0.05) is 10.7 Å². The van der Waals surface area contributed by atoms with Crippen molar-refractivity contribution in [3.8, 4) is 0 Å². The Balaban J connectivity index is 2.21. The number of nitrogens with one attached hydrogen (secondary N) is 1. The second-order valence-electron chi connectivity index (χ2n) is 3.77. The molecule has 0 aliphatic rings. The van der Waals surface area contributed by atoms with E-state index in [1.165, 1.54) is 0 Å². The molecule has 5 heteroatoms. The molecule has 2 rings (SSSR count). The number of aliphatic hydroxyl groups excluding tert-OH is 1. The molecule has 1 unspecified atom stereocenters. The summed E-state index contributed by atoms with van der Waals surface area (Å²) in [4.78, 5) is 4.19. The van der Waals surface area contributed by atoms with Crippen LogP contribution in [0.5, 0.6) is 0 Å². The molecule has 0 aliphatic heterocycles. The molecule has 0 aliphatic carbocycles. The number of nitrogens with zero attached hydrogens (tertiary/aromatic N) is 1. The van der Waals surface area contributed by atoms with Crippen LogP contribution in [0.1, 0.15) is 11.6 Å². The van der Waals surface area contributed by atoms with Crippen LogP contribution >= 0.6 is 27.5 Å². The van der Waals surface area contributed by atoms with E-state index in [1.807, 2.05) is 30.3 Å². The SMILES string of the molecule is OCC(Nc1ncc(Br)cc1Cl)c1ccccc1. The minimum Gasteiger partial charge on any atom is -0.394 e. The zero-order valence-corrected chi connectivity index (χ0v) is 11.8. The topological polar surface area (TPSA) is 45.1 Å². The van der Waals surface area contributed by atoms with Crippen molar-refractivity contribution in [3.05, 3.63) is 57.7 Å². The van der Waals surface area contributed by atoms with Crippen LogP contribution in [0.3, 0.4) is 0 Å². The van der Waals surface area contributed by atoms with Gasteiger partial charge in [-0.15, -0.1) is 0 Å². The molecule has 18 heavy (non-hydrogen) atoms. The second kappa shape index (κ2) is 6.18. The van der Waals surface area contributed by atoms with E-state index in [0.717, 1.165) is 10.0 Å². The minimum absolute atomic E-state index is 0.0297. The Labute approximate surface area is 119 Å². The van der Waals surface area contributed by atoms with Crippen LogP contribution in [0.2, 0.25) is 5.02 Å². The van der Waals surface area contributed by atoms with Crippen molar-refractivity contribution < 1.29 is 5.11 Å². The third-order valence-electron chi connectivity index (χ3n) is 2.50. The van der Waals surface area contributed by atoms with Gasteiger partial charge in [-0.25, -0.2) is 4.98 Å². The number of hydrogen-bond donors (Lipinski definition) is 2. The highest BCUT2D eigenvalue weighted by Gasteiger charge is 2.12. The monoisotopic (exact) mass is 326 g/mol. The number of aliphatic hydroxyl groups is 1. The van der Waals surface area contributed by atoms with Crippen LogP contribution in [-0.4, -0.2) is 16.7 Å². The largest absolute Gasteiger partial charge is 0.394 e. The van der Waals surface area contributed by atoms with Crippen LogP contribution in [0.4, 0.5) is 5.82 Å². The molecule has 0 spiro atoms. The number of halogens is 2. The van der Waals surface area contributed by atoms with Gasteiger partial charge in [0.2, 0.25) is 0 Å². The summed E-state index contributed by atoms with van der Waals surface area (Å²) in [7, 11) is 0. The first-order valence-electron chi connectivity index (χ1n) is 5.44. The summed E-state index contributed by atoms with van der Waals surface area (Å²) in [5.41, 5.74) is 0.987. The fourth-order valence-electron chi connectivity index (χ4n) is 1.61. The molecular weight excluding hydrogens is 316 g/mol. The van der Waals surface area contributed by atoms with E-state index in [-0.39, 0.29) is 12.6 Å². The molecule has 1 heterocycles. The van der Waals surface area contributed by atoms with Crippen LogP contribution in [0.15, 0.2) is 47.1 Å². The lowest BCUT2D eigenvalue weighted by atomic mass is 10.1. The van der Waals surface area contributed by atoms with E-state index >= 15 is 0 Å². The van der Waals surface area contributed by atoms with Crippen LogP contribution in [-0.2, 0) is 0 Å². The molecule has 1 aromatic carbocycles. The predicted octanol–water partition coefficient (Wildman–Crippen LogP) is 3.64. The highest BCUT2D eigenvalue weighted by Crippen LogP contribution is 2.26. The molecule has 0 saturated carbocycles. The molecule has 1 aromatic heterocycles. The molecule has 0 saturated heterocycles. The standard InChI is InChI=1S/C13H12BrClN2O/c14-10-6-11(15)13(16-7-10)17-12(8-18)9-4-2-1-3-5-9/h1-7,12,18H,8H2,(H,16,17). The van der Waals surface area contributed by atoms with Crippen molar-refractivity contribution in [1.29, 1.82) is 0 Å². The number of pyridine rings is 1. The van der Waals surface area contributed by atoms with E-state index in [1.54, 1.807) is 12.3 Å². The van der Waals surface area contributed by atoms with Crippen LogP contribution in [0.25, 0.3) is 0 Å². The first-order valence-corrected chi connectivity index (χ1v) is 6.61. The Morgan fingerprint density at radius 1 is 1.33 bits per heavy atom. The Hall–Kier alpha value is -1.10. The summed E-state index contributed by atoms with van der Waals surface area (Å²) >= 11 is 9.38. The van der Waals surface area contributed by atoms with E-state index in [2.05, 4.69) is 26.2 Å². The van der Waals surface area contributed by atoms with Gasteiger partial charge in [0.15, 0.2) is 0 Å². The second-order valence-corrected chi connectivity index (χ2v) is 5.10. The van der Waals surface area contributed by atoms with Crippen LogP contribution in [0, 0.1) is 0 Å². The summed E-state index contributed by atoms with van der Waals surface area (Å²) < 4.78 is 0.818. The van der Waals surface area contributed by atoms with Gasteiger partial charge >= 0.3 is 0 Å². The van der Waals surface area contributed by atoms with E-state index < -0.39 is 0 Å². The highest BCUT2D eigenvalue weighted by molar-refractivity contribution is 9.10. The first-order chi connectivity index (χ1) is 8.70. The molecule has 0 amide bonds. The average molecular weight is 328 g/mol. The zero-order valence-electron chi connectivity index (χ0n) is 9.48. The minimum atomic E-state index is -0.225. The summed E-state index contributed by atoms with van der Waals surface area (Å²) in [6, 6.07) is 11.2. The molecule has 2 aromatic rings. The van der Waals surface area contributed by atoms with Gasteiger partial charge in [-0.05, 0) is 27.6 Å². The van der Waals surface area contributed by atoms with Gasteiger partial charge in [-0.3, -0.25) is 0 Å². The van der Waals surface area contributed by atoms with Crippen molar-refractivity contribution >= 4 is 33.3 Å². The van der Waals surface area contributed by atoms with Crippen molar-refractivity contribution in [2.45, 2.75) is 6.04 Å². The number of hydrogen-bond acceptors (Lipinski definition) is 3. The quantitative estimate of drug-likeness (QED) is 0.901. The lowest BCUT2D eigenvalue weighted by Gasteiger charge is -2.18. The Morgan fingerprint density at radius 2 is 2.06 bits per heavy atom. The van der Waals surface area contributed by atoms with Crippen molar-refractivity contribution in [3.63, 3.8) is 0 Å². The van der Waals surface area contributed by atoms with Gasteiger partial charge in [0.1, 0.15) is 5.82 Å². The van der Waals surface area contributed by atoms with E-state index in [0.29, 0.717) is 10.8 Å². The smallest absolute Gasteiger partial charge is 0.145 e. The molecule has 0 bridgehead atoms. The lowest BCUT2D eigenvalue weighted by Crippen LogP contribution is -2.15. The molecule has 1 atom stereocenters. The molecular formula is C13H12BrClN2O. The van der Waals surface area contributed by atoms with Gasteiger partial charge in [0.25, 0.3) is 0 Å². The Kier molecular flexibility index (Phi) is 4.58. The maximum atomic E-state index is 9.44. The predicted molar refractivity (Wildman–Crippen MR) is 76.8 cm³/mol. The molecule has 3 nitrogen and oxygen atoms in total. The van der Waals surface area contributed by atoms with Gasteiger partial charge in [-0.2, -0.15) is 0 Å². The molecule has 2 N–H and O–H groups in total. The van der Waals surface area contributed by atoms with Crippen molar-refractivity contribution in [2.24, 2.45) is 0 Å². The number of benzene rings is 1. The average Bonchev–Trinajstić information content (AvgIpc) is 2.39. The van der Waals surface area contributed by atoms with E-state index in [9.17, 15) is 5.11 Å². The summed E-state index contributed by atoms with van der Waals surface area (Å²) in [6.07, 6.45) is 1.66. The van der Waals surface area contributed by atoms with Gasteiger partial charge in [-0.1, -0.05) is 41.9 Å². The maximum absolute atomic E-state index is 9.44. The summed E-state index contributed by atoms with van der Waals surface area (Å²) in [6.45, 7) is -0.0297. The third kappa shape index (κ3) is 3.22. The fraction of sp³-hybridized carbons (Fsp3) is 0.154. The van der Waals surface area contributed by atoms with E-state index in [4.69, 9.17) is 11.6 Å². The Bertz CT molecular complexity index is 522. The number of anilines is 1. The highest BCUT2D eigenvalue weighted by atomic mass is 79.9. The molecule has 0 radical (unpaired) electrons.